The van der Waals surface area contributed by atoms with Crippen LogP contribution in [0.5, 0.6) is 0 Å². The van der Waals surface area contributed by atoms with Gasteiger partial charge in [0.2, 0.25) is 0 Å². The molecule has 1 aromatic carbocycles. The van der Waals surface area contributed by atoms with Gasteiger partial charge in [-0.05, 0) is 24.0 Å². The van der Waals surface area contributed by atoms with E-state index in [-0.39, 0.29) is 6.54 Å². The fraction of sp³-hybridized carbons (Fsp3) is 0.385. The second-order valence-electron chi connectivity index (χ2n) is 4.26. The highest BCUT2D eigenvalue weighted by Crippen LogP contribution is 2.23. The van der Waals surface area contributed by atoms with E-state index in [9.17, 15) is 14.7 Å². The van der Waals surface area contributed by atoms with Gasteiger partial charge in [0.25, 0.3) is 0 Å². The Balaban J connectivity index is 2.34. The summed E-state index contributed by atoms with van der Waals surface area (Å²) >= 11 is 0. The second-order valence-corrected chi connectivity index (χ2v) is 4.26. The van der Waals surface area contributed by atoms with Crippen molar-refractivity contribution in [3.63, 3.8) is 0 Å². The molecule has 1 atom stereocenters. The maximum absolute atomic E-state index is 11.7. The van der Waals surface area contributed by atoms with E-state index in [0.29, 0.717) is 12.8 Å². The predicted molar refractivity (Wildman–Crippen MR) is 64.1 cm³/mol. The van der Waals surface area contributed by atoms with Crippen molar-refractivity contribution < 1.29 is 19.4 Å². The molecule has 0 saturated carbocycles. The van der Waals surface area contributed by atoms with Gasteiger partial charge in [0.15, 0.2) is 0 Å². The highest BCUT2D eigenvalue weighted by atomic mass is 16.5. The molecule has 1 amide bonds. The average molecular weight is 249 g/mol. The summed E-state index contributed by atoms with van der Waals surface area (Å²) in [4.78, 5) is 24.2. The fourth-order valence-corrected chi connectivity index (χ4v) is 2.26. The molecule has 18 heavy (non-hydrogen) atoms. The third-order valence-corrected chi connectivity index (χ3v) is 3.22. The van der Waals surface area contributed by atoms with Crippen LogP contribution in [-0.2, 0) is 22.5 Å². The van der Waals surface area contributed by atoms with E-state index < -0.39 is 18.1 Å². The fourth-order valence-electron chi connectivity index (χ4n) is 2.26. The van der Waals surface area contributed by atoms with Crippen LogP contribution in [0, 0.1) is 0 Å². The molecule has 0 spiro atoms. The van der Waals surface area contributed by atoms with Gasteiger partial charge in [0, 0.05) is 0 Å². The van der Waals surface area contributed by atoms with Gasteiger partial charge >= 0.3 is 12.1 Å². The van der Waals surface area contributed by atoms with Crippen LogP contribution < -0.4 is 0 Å². The van der Waals surface area contributed by atoms with Gasteiger partial charge in [0.05, 0.1) is 13.7 Å². The first-order chi connectivity index (χ1) is 8.63. The Labute approximate surface area is 105 Å². The van der Waals surface area contributed by atoms with Crippen molar-refractivity contribution in [2.75, 3.05) is 7.11 Å². The van der Waals surface area contributed by atoms with Gasteiger partial charge in [-0.3, -0.25) is 4.90 Å². The lowest BCUT2D eigenvalue weighted by atomic mass is 10.0. The van der Waals surface area contributed by atoms with Crippen LogP contribution in [0.4, 0.5) is 4.79 Å². The van der Waals surface area contributed by atoms with E-state index in [1.54, 1.807) is 0 Å². The van der Waals surface area contributed by atoms with E-state index in [1.165, 1.54) is 12.0 Å². The molecule has 5 nitrogen and oxygen atoms in total. The van der Waals surface area contributed by atoms with E-state index in [0.717, 1.165) is 11.1 Å². The van der Waals surface area contributed by atoms with Gasteiger partial charge in [-0.1, -0.05) is 24.3 Å². The molecule has 1 N–H and O–H groups in total. The number of carbonyl (C=O) groups is 2. The number of carbonyl (C=O) groups excluding carboxylic acids is 1. The number of methoxy groups -OCH3 is 1. The molecule has 2 rings (SSSR count). The van der Waals surface area contributed by atoms with Gasteiger partial charge in [0.1, 0.15) is 6.04 Å². The lowest BCUT2D eigenvalue weighted by Crippen LogP contribution is -2.43. The van der Waals surface area contributed by atoms with Crippen molar-refractivity contribution in [2.24, 2.45) is 0 Å². The average Bonchev–Trinajstić information content (AvgIpc) is 2.57. The molecular weight excluding hydrogens is 234 g/mol. The quantitative estimate of drug-likeness (QED) is 0.821. The molecule has 1 aromatic rings. The zero-order valence-corrected chi connectivity index (χ0v) is 10.1. The van der Waals surface area contributed by atoms with Crippen molar-refractivity contribution in [1.82, 2.24) is 4.90 Å². The molecule has 1 heterocycles. The summed E-state index contributed by atoms with van der Waals surface area (Å²) < 4.78 is 4.66. The number of rotatable bonds is 1. The van der Waals surface area contributed by atoms with Gasteiger partial charge in [-0.2, -0.15) is 0 Å². The number of aliphatic carboxylic acids is 1. The number of hydrogen-bond acceptors (Lipinski definition) is 3. The van der Waals surface area contributed by atoms with Crippen molar-refractivity contribution in [3.8, 4) is 0 Å². The monoisotopic (exact) mass is 249 g/mol. The molecule has 1 aliphatic rings. The van der Waals surface area contributed by atoms with E-state index in [1.807, 2.05) is 24.3 Å². The maximum atomic E-state index is 11.7. The molecule has 0 aromatic heterocycles. The van der Waals surface area contributed by atoms with Crippen LogP contribution >= 0.6 is 0 Å². The molecule has 1 unspecified atom stereocenters. The number of aryl methyl sites for hydroxylation is 1. The van der Waals surface area contributed by atoms with E-state index in [4.69, 9.17) is 0 Å². The first-order valence-corrected chi connectivity index (χ1v) is 5.77. The lowest BCUT2D eigenvalue weighted by molar-refractivity contribution is -0.143. The minimum atomic E-state index is -0.992. The Morgan fingerprint density at radius 1 is 1.33 bits per heavy atom. The number of benzene rings is 1. The number of hydrogen-bond donors (Lipinski definition) is 1. The molecule has 1 aliphatic heterocycles. The summed E-state index contributed by atoms with van der Waals surface area (Å²) in [6.07, 6.45) is 0.460. The lowest BCUT2D eigenvalue weighted by Gasteiger charge is -2.25. The molecule has 0 aliphatic carbocycles. The van der Waals surface area contributed by atoms with Crippen LogP contribution in [0.15, 0.2) is 24.3 Å². The van der Waals surface area contributed by atoms with Crippen molar-refractivity contribution >= 4 is 12.1 Å². The number of nitrogens with zero attached hydrogens (tertiary/aromatic N) is 1. The molecule has 96 valence electrons. The van der Waals surface area contributed by atoms with Crippen LogP contribution in [0.1, 0.15) is 17.5 Å². The third kappa shape index (κ3) is 2.30. The highest BCUT2D eigenvalue weighted by Gasteiger charge is 2.32. The molecule has 0 fully saturated rings. The minimum absolute atomic E-state index is 0.278. The first-order valence-electron chi connectivity index (χ1n) is 5.77. The summed E-state index contributed by atoms with van der Waals surface area (Å²) in [5, 5.41) is 9.21. The number of ether oxygens (including phenoxy) is 1. The zero-order valence-electron chi connectivity index (χ0n) is 10.1. The van der Waals surface area contributed by atoms with Crippen molar-refractivity contribution in [2.45, 2.75) is 25.4 Å². The number of amides is 1. The molecule has 0 saturated heterocycles. The number of fused-ring (bicyclic) bond motifs is 1. The van der Waals surface area contributed by atoms with Crippen molar-refractivity contribution in [1.29, 1.82) is 0 Å². The summed E-state index contributed by atoms with van der Waals surface area (Å²) in [5.41, 5.74) is 2.07. The largest absolute Gasteiger partial charge is 0.480 e. The van der Waals surface area contributed by atoms with Gasteiger partial charge in [-0.25, -0.2) is 9.59 Å². The Hall–Kier alpha value is -2.04. The predicted octanol–water partition coefficient (Wildman–Crippen LogP) is 1.65. The van der Waals surface area contributed by atoms with E-state index >= 15 is 0 Å². The topological polar surface area (TPSA) is 66.8 Å². The van der Waals surface area contributed by atoms with Crippen LogP contribution in [0.2, 0.25) is 0 Å². The van der Waals surface area contributed by atoms with Crippen LogP contribution in [0.25, 0.3) is 0 Å². The van der Waals surface area contributed by atoms with Gasteiger partial charge < -0.3 is 9.84 Å². The number of carboxylic acid groups (broad SMARTS) is 1. The van der Waals surface area contributed by atoms with Crippen molar-refractivity contribution in [3.05, 3.63) is 35.4 Å². The molecule has 5 heteroatoms. The maximum Gasteiger partial charge on any atom is 0.410 e. The third-order valence-electron chi connectivity index (χ3n) is 3.22. The summed E-state index contributed by atoms with van der Waals surface area (Å²) in [7, 11) is 1.26. The summed E-state index contributed by atoms with van der Waals surface area (Å²) in [6.45, 7) is 0.278. The Morgan fingerprint density at radius 3 is 2.61 bits per heavy atom. The highest BCUT2D eigenvalue weighted by molar-refractivity contribution is 5.80. The number of carboxylic acids is 1. The Kier molecular flexibility index (Phi) is 3.50. The minimum Gasteiger partial charge on any atom is -0.480 e. The SMILES string of the molecule is COC(=O)N1Cc2ccccc2CCC1C(=O)O. The normalized spacial score (nSPS) is 18.7. The summed E-state index contributed by atoms with van der Waals surface area (Å²) in [5.74, 6) is -0.992. The first kappa shape index (κ1) is 12.4. The second kappa shape index (κ2) is 5.08. The smallest absolute Gasteiger partial charge is 0.410 e. The Bertz CT molecular complexity index is 472. The Morgan fingerprint density at radius 2 is 2.00 bits per heavy atom. The van der Waals surface area contributed by atoms with Crippen LogP contribution in [-0.4, -0.2) is 35.2 Å². The van der Waals surface area contributed by atoms with Crippen LogP contribution in [0.3, 0.4) is 0 Å². The molecule has 0 bridgehead atoms. The standard InChI is InChI=1S/C13H15NO4/c1-18-13(17)14-8-10-5-3-2-4-9(10)6-7-11(14)12(15)16/h2-5,11H,6-8H2,1H3,(H,15,16). The zero-order chi connectivity index (χ0) is 13.1. The molecular formula is C13H15NO4. The van der Waals surface area contributed by atoms with E-state index in [2.05, 4.69) is 4.74 Å². The summed E-state index contributed by atoms with van der Waals surface area (Å²) in [6, 6.07) is 6.85. The van der Waals surface area contributed by atoms with Gasteiger partial charge in [-0.15, -0.1) is 0 Å². The molecule has 0 radical (unpaired) electrons.